The molecule has 0 amide bonds. The predicted octanol–water partition coefficient (Wildman–Crippen LogP) is -2.21. The molecule has 0 unspecified atom stereocenters. The molecule has 0 spiro atoms. The Morgan fingerprint density at radius 1 is 1.17 bits per heavy atom. The van der Waals surface area contributed by atoms with Crippen LogP contribution >= 0.6 is 0 Å². The maximum absolute atomic E-state index is 8.40. The number of aliphatic hydroxyl groups excluding tert-OH is 1. The largest absolute Gasteiger partial charge is 3.00 e. The van der Waals surface area contributed by atoms with E-state index in [-0.39, 0.29) is 58.6 Å². The summed E-state index contributed by atoms with van der Waals surface area (Å²) in [5, 5.41) is 8.40. The van der Waals surface area contributed by atoms with E-state index in [2.05, 4.69) is 49.3 Å². The summed E-state index contributed by atoms with van der Waals surface area (Å²) in [6.45, 7) is 7.27. The number of rotatable bonds is 3. The van der Waals surface area contributed by atoms with Crippen LogP contribution in [0.25, 0.3) is 5.57 Å². The molecule has 0 heterocycles. The number of halogens is 2. The van der Waals surface area contributed by atoms with Crippen molar-refractivity contribution in [2.75, 3.05) is 27.2 Å². The van der Waals surface area contributed by atoms with Gasteiger partial charge in [-0.25, -0.2) is 0 Å². The summed E-state index contributed by atoms with van der Waals surface area (Å²) in [7, 11) is 4.20. The fourth-order valence-electron chi connectivity index (χ4n) is 1.84. The fourth-order valence-corrected chi connectivity index (χ4v) is 1.84. The van der Waals surface area contributed by atoms with E-state index in [1.807, 2.05) is 32.9 Å². The van der Waals surface area contributed by atoms with E-state index in [1.54, 1.807) is 0 Å². The maximum Gasteiger partial charge on any atom is 3.00 e. The van der Waals surface area contributed by atoms with Crippen molar-refractivity contribution in [3.63, 3.8) is 0 Å². The van der Waals surface area contributed by atoms with Crippen molar-refractivity contribution in [3.05, 3.63) is 53.6 Å². The molecule has 0 aliphatic heterocycles. The van der Waals surface area contributed by atoms with Gasteiger partial charge in [0, 0.05) is 13.2 Å². The maximum atomic E-state index is 8.40. The van der Waals surface area contributed by atoms with Crippen molar-refractivity contribution in [2.24, 2.45) is 5.41 Å². The molecule has 133 valence electrons. The Balaban J connectivity index is -0.000000432. The molecule has 2 nitrogen and oxygen atoms in total. The first-order valence-electron chi connectivity index (χ1n) is 7.44. The Morgan fingerprint density at radius 3 is 2.17 bits per heavy atom. The molecule has 1 aromatic rings. The average molecular weight is 405 g/mol. The van der Waals surface area contributed by atoms with Gasteiger partial charge in [-0.3, -0.25) is 0 Å². The van der Waals surface area contributed by atoms with Gasteiger partial charge in [0.2, 0.25) is 0 Å². The molecule has 2 rings (SSSR count). The molecule has 1 N–H and O–H groups in total. The van der Waals surface area contributed by atoms with Gasteiger partial charge in [-0.05, 0) is 31.5 Å². The minimum atomic E-state index is 0. The van der Waals surface area contributed by atoms with Gasteiger partial charge < -0.3 is 34.8 Å². The van der Waals surface area contributed by atoms with Crippen molar-refractivity contribution >= 4 is 5.57 Å². The topological polar surface area (TPSA) is 23.5 Å². The molecule has 0 saturated carbocycles. The Bertz CT molecular complexity index is 494. The van der Waals surface area contributed by atoms with Crippen molar-refractivity contribution in [2.45, 2.75) is 27.2 Å². The molecule has 5 heteroatoms. The zero-order valence-electron chi connectivity index (χ0n) is 15.2. The van der Waals surface area contributed by atoms with Crippen molar-refractivity contribution in [1.29, 1.82) is 0 Å². The van der Waals surface area contributed by atoms with Crippen LogP contribution in [0.4, 0.5) is 0 Å². The SMILES string of the molecule is CC(C)(C)CO.CN(C)CC1=CCC(c2[c-]cccc2)=C1.[Cl-].[Cl-].[Ti+3]. The molecule has 1 radical (unpaired) electrons. The second-order valence-electron chi connectivity index (χ2n) is 6.89. The van der Waals surface area contributed by atoms with E-state index in [0.29, 0.717) is 0 Å². The molecule has 1 aliphatic rings. The van der Waals surface area contributed by atoms with Crippen LogP contribution in [-0.4, -0.2) is 37.3 Å². The normalized spacial score (nSPS) is 12.6. The molecule has 1 aliphatic carbocycles. The van der Waals surface area contributed by atoms with Gasteiger partial charge >= 0.3 is 21.7 Å². The third-order valence-electron chi connectivity index (χ3n) is 2.97. The number of hydrogen-bond donors (Lipinski definition) is 1. The van der Waals surface area contributed by atoms with Gasteiger partial charge in [0.15, 0.2) is 0 Å². The first-order valence-corrected chi connectivity index (χ1v) is 7.44. The zero-order chi connectivity index (χ0) is 15.9. The average Bonchev–Trinajstić information content (AvgIpc) is 2.87. The van der Waals surface area contributed by atoms with Crippen LogP contribution in [0.1, 0.15) is 32.8 Å². The number of nitrogens with zero attached hydrogens (tertiary/aromatic N) is 1. The summed E-state index contributed by atoms with van der Waals surface area (Å²) >= 11 is 0. The Morgan fingerprint density at radius 2 is 1.75 bits per heavy atom. The molecule has 0 fully saturated rings. The van der Waals surface area contributed by atoms with Gasteiger partial charge in [-0.2, -0.15) is 0 Å². The van der Waals surface area contributed by atoms with E-state index in [9.17, 15) is 0 Å². The van der Waals surface area contributed by atoms with Crippen molar-refractivity contribution in [3.8, 4) is 0 Å². The third kappa shape index (κ3) is 12.3. The number of aliphatic hydroxyl groups is 1. The van der Waals surface area contributed by atoms with Crippen molar-refractivity contribution < 1.29 is 51.6 Å². The van der Waals surface area contributed by atoms with Crippen LogP contribution in [0.3, 0.4) is 0 Å². The van der Waals surface area contributed by atoms with E-state index in [0.717, 1.165) is 13.0 Å². The summed E-state index contributed by atoms with van der Waals surface area (Å²) in [6, 6.07) is 11.4. The van der Waals surface area contributed by atoms with Crippen molar-refractivity contribution in [1.82, 2.24) is 4.90 Å². The van der Waals surface area contributed by atoms with Crippen LogP contribution < -0.4 is 24.8 Å². The monoisotopic (exact) mass is 404 g/mol. The second kappa shape index (κ2) is 14.1. The Labute approximate surface area is 175 Å². The predicted molar refractivity (Wildman–Crippen MR) is 91.0 cm³/mol. The van der Waals surface area contributed by atoms with Crippen LogP contribution in [0.15, 0.2) is 42.0 Å². The minimum Gasteiger partial charge on any atom is -1.00 e. The Hall–Kier alpha value is -0.0857. The van der Waals surface area contributed by atoms with Gasteiger partial charge in [-0.1, -0.05) is 32.9 Å². The molecule has 0 bridgehead atoms. The number of benzene rings is 1. The summed E-state index contributed by atoms with van der Waals surface area (Å²) in [6.07, 6.45) is 5.63. The van der Waals surface area contributed by atoms with Crippen LogP contribution in [0.5, 0.6) is 0 Å². The van der Waals surface area contributed by atoms with E-state index >= 15 is 0 Å². The van der Waals surface area contributed by atoms with Crippen LogP contribution in [-0.2, 0) is 21.7 Å². The van der Waals surface area contributed by atoms with Crippen LogP contribution in [0.2, 0.25) is 0 Å². The first-order chi connectivity index (χ1) is 9.81. The summed E-state index contributed by atoms with van der Waals surface area (Å²) in [5.41, 5.74) is 4.11. The first kappa shape index (κ1) is 28.7. The second-order valence-corrected chi connectivity index (χ2v) is 6.89. The number of hydrogen-bond acceptors (Lipinski definition) is 2. The number of allylic oxidation sites excluding steroid dienone is 2. The molecule has 24 heavy (non-hydrogen) atoms. The van der Waals surface area contributed by atoms with E-state index < -0.39 is 0 Å². The zero-order valence-corrected chi connectivity index (χ0v) is 18.3. The summed E-state index contributed by atoms with van der Waals surface area (Å²) in [4.78, 5) is 2.19. The van der Waals surface area contributed by atoms with E-state index in [4.69, 9.17) is 5.11 Å². The van der Waals surface area contributed by atoms with Gasteiger partial charge in [0.05, 0.1) is 0 Å². The Kier molecular flexibility index (Phi) is 16.9. The standard InChI is InChI=1S/C14H16N.C5H12O.2ClH.Ti/c1-15(2)11-12-8-9-14(10-12)13-6-4-3-5-7-13;1-5(2,3)4-6;;;/h3-6,8,10H,9,11H2,1-2H3;6H,4H2,1-3H3;2*1H;/q-1;;;;+3/p-2. The smallest absolute Gasteiger partial charge is 1.00 e. The molecule has 0 saturated heterocycles. The fraction of sp³-hybridized carbons (Fsp3) is 0.474. The molecule has 0 atom stereocenters. The molecule has 0 aromatic heterocycles. The summed E-state index contributed by atoms with van der Waals surface area (Å²) < 4.78 is 0. The van der Waals surface area contributed by atoms with Gasteiger partial charge in [-0.15, -0.1) is 41.5 Å². The minimum absolute atomic E-state index is 0. The molecule has 1 aromatic carbocycles. The molecular weight excluding hydrogens is 377 g/mol. The third-order valence-corrected chi connectivity index (χ3v) is 2.97. The summed E-state index contributed by atoms with van der Waals surface area (Å²) in [5.74, 6) is 0. The number of likely N-dealkylation sites (N-methyl/N-ethyl adjacent to an activating group) is 1. The quantitative estimate of drug-likeness (QED) is 0.456. The van der Waals surface area contributed by atoms with E-state index in [1.165, 1.54) is 16.7 Å². The van der Waals surface area contributed by atoms with Gasteiger partial charge in [0.25, 0.3) is 0 Å². The van der Waals surface area contributed by atoms with Gasteiger partial charge in [0.1, 0.15) is 0 Å². The molecular formula is C19H28Cl2NOTi. The van der Waals surface area contributed by atoms with Crippen LogP contribution in [0, 0.1) is 11.5 Å².